The maximum absolute atomic E-state index is 12.9. The Morgan fingerprint density at radius 2 is 1.59 bits per heavy atom. The molecule has 2 aromatic carbocycles. The summed E-state index contributed by atoms with van der Waals surface area (Å²) in [6.07, 6.45) is 3.03. The van der Waals surface area contributed by atoms with Gasteiger partial charge >= 0.3 is 0 Å². The molecule has 4 rings (SSSR count). The molecule has 29 heavy (non-hydrogen) atoms. The third kappa shape index (κ3) is 5.13. The number of rotatable bonds is 6. The smallest absolute Gasteiger partial charge is 0.225 e. The summed E-state index contributed by atoms with van der Waals surface area (Å²) in [6, 6.07) is 14.1. The Bertz CT molecular complexity index is 855. The molecule has 2 fully saturated rings. The van der Waals surface area contributed by atoms with Crippen LogP contribution in [0.4, 0.5) is 15.8 Å². The summed E-state index contributed by atoms with van der Waals surface area (Å²) in [5.74, 6) is 0.277. The average molecular weight is 395 g/mol. The average Bonchev–Trinajstić information content (AvgIpc) is 3.59. The van der Waals surface area contributed by atoms with Crippen molar-refractivity contribution in [2.24, 2.45) is 5.92 Å². The van der Waals surface area contributed by atoms with Gasteiger partial charge in [0, 0.05) is 49.9 Å². The van der Waals surface area contributed by atoms with Gasteiger partial charge < -0.3 is 15.1 Å². The van der Waals surface area contributed by atoms with Crippen LogP contribution in [0.5, 0.6) is 0 Å². The summed E-state index contributed by atoms with van der Waals surface area (Å²) in [4.78, 5) is 28.6. The quantitative estimate of drug-likeness (QED) is 0.815. The van der Waals surface area contributed by atoms with Gasteiger partial charge in [0.25, 0.3) is 0 Å². The third-order valence-corrected chi connectivity index (χ3v) is 5.59. The number of carbonyl (C=O) groups is 2. The van der Waals surface area contributed by atoms with Crippen LogP contribution in [0.1, 0.15) is 24.8 Å². The lowest BCUT2D eigenvalue weighted by Crippen LogP contribution is -2.49. The minimum Gasteiger partial charge on any atom is -0.368 e. The minimum absolute atomic E-state index is 0.0609. The van der Waals surface area contributed by atoms with E-state index in [4.69, 9.17) is 0 Å². The Hall–Kier alpha value is -2.89. The molecule has 0 radical (unpaired) electrons. The number of anilines is 2. The van der Waals surface area contributed by atoms with E-state index < -0.39 is 0 Å². The fourth-order valence-electron chi connectivity index (χ4n) is 3.66. The zero-order valence-corrected chi connectivity index (χ0v) is 16.4. The molecule has 1 N–H and O–H groups in total. The van der Waals surface area contributed by atoms with E-state index in [1.165, 1.54) is 12.1 Å². The second-order valence-electron chi connectivity index (χ2n) is 7.81. The van der Waals surface area contributed by atoms with Crippen molar-refractivity contribution >= 4 is 23.2 Å². The molecule has 0 bridgehead atoms. The summed E-state index contributed by atoms with van der Waals surface area (Å²) >= 11 is 0. The Kier molecular flexibility index (Phi) is 5.79. The van der Waals surface area contributed by atoms with Crippen LogP contribution >= 0.6 is 0 Å². The van der Waals surface area contributed by atoms with E-state index in [1.54, 1.807) is 12.1 Å². The topological polar surface area (TPSA) is 52.7 Å². The lowest BCUT2D eigenvalue weighted by molar-refractivity contribution is -0.132. The van der Waals surface area contributed by atoms with Crippen molar-refractivity contribution in [1.82, 2.24) is 4.90 Å². The molecule has 1 aliphatic heterocycles. The molecular formula is C23H26FN3O2. The molecule has 6 heteroatoms. The molecule has 1 saturated carbocycles. The first kappa shape index (κ1) is 19.4. The van der Waals surface area contributed by atoms with Gasteiger partial charge in [0.05, 0.1) is 0 Å². The van der Waals surface area contributed by atoms with Gasteiger partial charge in [-0.15, -0.1) is 0 Å². The van der Waals surface area contributed by atoms with Crippen molar-refractivity contribution in [3.8, 4) is 0 Å². The van der Waals surface area contributed by atoms with Crippen molar-refractivity contribution in [1.29, 1.82) is 0 Å². The Morgan fingerprint density at radius 3 is 2.21 bits per heavy atom. The Morgan fingerprint density at radius 1 is 0.931 bits per heavy atom. The molecule has 1 heterocycles. The van der Waals surface area contributed by atoms with Crippen molar-refractivity contribution in [3.63, 3.8) is 0 Å². The number of hydrogen-bond acceptors (Lipinski definition) is 3. The first-order chi connectivity index (χ1) is 14.1. The van der Waals surface area contributed by atoms with Crippen LogP contribution in [0.25, 0.3) is 0 Å². The van der Waals surface area contributed by atoms with E-state index in [2.05, 4.69) is 10.2 Å². The largest absolute Gasteiger partial charge is 0.368 e. The van der Waals surface area contributed by atoms with Crippen LogP contribution in [-0.2, 0) is 16.0 Å². The molecular weight excluding hydrogens is 369 g/mol. The van der Waals surface area contributed by atoms with E-state index in [9.17, 15) is 14.0 Å². The minimum atomic E-state index is -0.269. The van der Waals surface area contributed by atoms with E-state index in [1.807, 2.05) is 29.2 Å². The van der Waals surface area contributed by atoms with Crippen LogP contribution in [0, 0.1) is 11.7 Å². The summed E-state index contributed by atoms with van der Waals surface area (Å²) in [6.45, 7) is 3.22. The van der Waals surface area contributed by atoms with Crippen LogP contribution in [-0.4, -0.2) is 42.9 Å². The van der Waals surface area contributed by atoms with E-state index in [0.717, 1.165) is 56.0 Å². The van der Waals surface area contributed by atoms with Gasteiger partial charge in [-0.2, -0.15) is 0 Å². The van der Waals surface area contributed by atoms with Crippen molar-refractivity contribution in [2.75, 3.05) is 36.4 Å². The molecule has 2 amide bonds. The van der Waals surface area contributed by atoms with Crippen LogP contribution in [0.3, 0.4) is 0 Å². The number of halogens is 1. The van der Waals surface area contributed by atoms with Crippen LogP contribution in [0.15, 0.2) is 48.5 Å². The Labute approximate surface area is 170 Å². The number of nitrogens with one attached hydrogen (secondary N) is 1. The first-order valence-corrected chi connectivity index (χ1v) is 10.3. The number of benzene rings is 2. The molecule has 0 unspecified atom stereocenters. The van der Waals surface area contributed by atoms with Gasteiger partial charge in [-0.3, -0.25) is 9.59 Å². The maximum atomic E-state index is 12.9. The molecule has 0 spiro atoms. The number of carbonyl (C=O) groups excluding carboxylic acids is 2. The summed E-state index contributed by atoms with van der Waals surface area (Å²) < 4.78 is 12.9. The molecule has 0 aromatic heterocycles. The van der Waals surface area contributed by atoms with Crippen LogP contribution < -0.4 is 10.2 Å². The monoisotopic (exact) mass is 395 g/mol. The molecule has 0 atom stereocenters. The molecule has 1 saturated heterocycles. The van der Waals surface area contributed by atoms with Crippen molar-refractivity contribution in [2.45, 2.75) is 25.7 Å². The lowest BCUT2D eigenvalue weighted by atomic mass is 10.1. The number of piperazine rings is 1. The highest BCUT2D eigenvalue weighted by Crippen LogP contribution is 2.31. The molecule has 152 valence electrons. The SMILES string of the molecule is O=C(CCc1ccc(F)cc1)Nc1ccc(N2CCN(C(=O)C3CC3)CC2)cc1. The first-order valence-electron chi connectivity index (χ1n) is 10.3. The molecule has 1 aliphatic carbocycles. The normalized spacial score (nSPS) is 16.6. The summed E-state index contributed by atoms with van der Waals surface area (Å²) in [5, 5.41) is 2.91. The molecule has 5 nitrogen and oxygen atoms in total. The molecule has 2 aliphatic rings. The van der Waals surface area contributed by atoms with Gasteiger partial charge in [0.1, 0.15) is 5.82 Å². The summed E-state index contributed by atoms with van der Waals surface area (Å²) in [7, 11) is 0. The lowest BCUT2D eigenvalue weighted by Gasteiger charge is -2.36. The van der Waals surface area contributed by atoms with Crippen molar-refractivity contribution < 1.29 is 14.0 Å². The highest BCUT2D eigenvalue weighted by molar-refractivity contribution is 5.91. The fourth-order valence-corrected chi connectivity index (χ4v) is 3.66. The van der Waals surface area contributed by atoms with Crippen molar-refractivity contribution in [3.05, 3.63) is 59.9 Å². The standard InChI is InChI=1S/C23H26FN3O2/c24-19-6-1-17(2-7-19)3-12-22(28)25-20-8-10-21(11-9-20)26-13-15-27(16-14-26)23(29)18-4-5-18/h1-2,6-11,18H,3-5,12-16H2,(H,25,28). The van der Waals surface area contributed by atoms with Gasteiger partial charge in [-0.05, 0) is 61.2 Å². The second kappa shape index (κ2) is 8.64. The predicted octanol–water partition coefficient (Wildman–Crippen LogP) is 3.46. The van der Waals surface area contributed by atoms with E-state index >= 15 is 0 Å². The maximum Gasteiger partial charge on any atom is 0.225 e. The Balaban J connectivity index is 1.24. The van der Waals surface area contributed by atoms with Gasteiger partial charge in [-0.1, -0.05) is 12.1 Å². The highest BCUT2D eigenvalue weighted by Gasteiger charge is 2.34. The van der Waals surface area contributed by atoms with Crippen LogP contribution in [0.2, 0.25) is 0 Å². The molecule has 2 aromatic rings. The third-order valence-electron chi connectivity index (χ3n) is 5.59. The second-order valence-corrected chi connectivity index (χ2v) is 7.81. The number of hydrogen-bond donors (Lipinski definition) is 1. The zero-order chi connectivity index (χ0) is 20.2. The summed E-state index contributed by atoms with van der Waals surface area (Å²) in [5.41, 5.74) is 2.81. The number of aryl methyl sites for hydroxylation is 1. The van der Waals surface area contributed by atoms with E-state index in [-0.39, 0.29) is 17.6 Å². The zero-order valence-electron chi connectivity index (χ0n) is 16.4. The van der Waals surface area contributed by atoms with Gasteiger partial charge in [0.2, 0.25) is 11.8 Å². The number of amides is 2. The number of nitrogens with zero attached hydrogens (tertiary/aromatic N) is 2. The highest BCUT2D eigenvalue weighted by atomic mass is 19.1. The van der Waals surface area contributed by atoms with E-state index in [0.29, 0.717) is 18.7 Å². The predicted molar refractivity (Wildman–Crippen MR) is 111 cm³/mol. The van der Waals surface area contributed by atoms with Gasteiger partial charge in [-0.25, -0.2) is 4.39 Å². The van der Waals surface area contributed by atoms with Gasteiger partial charge in [0.15, 0.2) is 0 Å². The fraction of sp³-hybridized carbons (Fsp3) is 0.391.